The lowest BCUT2D eigenvalue weighted by atomic mass is 10.2. The zero-order valence-corrected chi connectivity index (χ0v) is 9.58. The van der Waals surface area contributed by atoms with Gasteiger partial charge in [0.25, 0.3) is 5.56 Å². The van der Waals surface area contributed by atoms with Gasteiger partial charge in [-0.3, -0.25) is 4.79 Å². The van der Waals surface area contributed by atoms with Crippen molar-refractivity contribution in [2.24, 2.45) is 0 Å². The van der Waals surface area contributed by atoms with E-state index in [1.807, 2.05) is 0 Å². The maximum atomic E-state index is 13.0. The molecule has 0 amide bonds. The number of H-pyrrole nitrogens is 1. The average Bonchev–Trinajstić information content (AvgIpc) is 2.20. The molecule has 2 rings (SSSR count). The third kappa shape index (κ3) is 2.11. The summed E-state index contributed by atoms with van der Waals surface area (Å²) >= 11 is 3.05. The SMILES string of the molecule is Nc1cc(=O)[nH]c(-c2ccc(F)c(Br)c2)n1. The topological polar surface area (TPSA) is 71.8 Å². The molecule has 0 fully saturated rings. The normalized spacial score (nSPS) is 10.4. The standard InChI is InChI=1S/C10H7BrFN3O/c11-6-3-5(1-2-7(6)12)10-14-8(13)4-9(16)15-10/h1-4H,(H3,13,14,15,16). The predicted octanol–water partition coefficient (Wildman–Crippen LogP) is 1.92. The Bertz CT molecular complexity index is 597. The third-order valence-corrected chi connectivity index (χ3v) is 2.56. The van der Waals surface area contributed by atoms with E-state index in [0.29, 0.717) is 15.9 Å². The molecule has 0 bridgehead atoms. The lowest BCUT2D eigenvalue weighted by molar-refractivity contribution is 0.621. The van der Waals surface area contributed by atoms with Gasteiger partial charge in [0, 0.05) is 11.6 Å². The van der Waals surface area contributed by atoms with Crippen LogP contribution in [-0.4, -0.2) is 9.97 Å². The van der Waals surface area contributed by atoms with Gasteiger partial charge >= 0.3 is 0 Å². The Morgan fingerprint density at radius 2 is 2.12 bits per heavy atom. The molecule has 2 aromatic rings. The highest BCUT2D eigenvalue weighted by atomic mass is 79.9. The second kappa shape index (κ2) is 4.05. The molecule has 6 heteroatoms. The van der Waals surface area contributed by atoms with E-state index in [2.05, 4.69) is 25.9 Å². The Hall–Kier alpha value is -1.69. The van der Waals surface area contributed by atoms with E-state index in [1.165, 1.54) is 24.3 Å². The van der Waals surface area contributed by atoms with Crippen molar-refractivity contribution in [1.82, 2.24) is 9.97 Å². The molecule has 0 saturated heterocycles. The molecule has 4 nitrogen and oxygen atoms in total. The van der Waals surface area contributed by atoms with E-state index in [-0.39, 0.29) is 17.2 Å². The number of hydrogen-bond acceptors (Lipinski definition) is 3. The van der Waals surface area contributed by atoms with Gasteiger partial charge in [0.1, 0.15) is 17.5 Å². The number of anilines is 1. The molecule has 1 heterocycles. The second-order valence-electron chi connectivity index (χ2n) is 3.15. The first-order chi connectivity index (χ1) is 7.56. The van der Waals surface area contributed by atoms with Gasteiger partial charge in [-0.25, -0.2) is 9.37 Å². The lowest BCUT2D eigenvalue weighted by Gasteiger charge is -2.02. The van der Waals surface area contributed by atoms with Crippen LogP contribution in [-0.2, 0) is 0 Å². The van der Waals surface area contributed by atoms with E-state index in [4.69, 9.17) is 5.73 Å². The summed E-state index contributed by atoms with van der Waals surface area (Å²) < 4.78 is 13.3. The molecular formula is C10H7BrFN3O. The second-order valence-corrected chi connectivity index (χ2v) is 4.00. The van der Waals surface area contributed by atoms with E-state index < -0.39 is 0 Å². The first kappa shape index (κ1) is 10.8. The fourth-order valence-electron chi connectivity index (χ4n) is 1.26. The molecule has 0 aliphatic rings. The molecule has 0 aliphatic heterocycles. The summed E-state index contributed by atoms with van der Waals surface area (Å²) in [6.45, 7) is 0. The number of hydrogen-bond donors (Lipinski definition) is 2. The maximum absolute atomic E-state index is 13.0. The van der Waals surface area contributed by atoms with Crippen LogP contribution in [0, 0.1) is 5.82 Å². The van der Waals surface area contributed by atoms with Crippen molar-refractivity contribution in [2.45, 2.75) is 0 Å². The van der Waals surface area contributed by atoms with Crippen LogP contribution in [0.2, 0.25) is 0 Å². The summed E-state index contributed by atoms with van der Waals surface area (Å²) in [4.78, 5) is 17.7. The number of halogens is 2. The van der Waals surface area contributed by atoms with Gasteiger partial charge in [-0.05, 0) is 34.1 Å². The zero-order valence-electron chi connectivity index (χ0n) is 8.00. The maximum Gasteiger partial charge on any atom is 0.253 e. The first-order valence-electron chi connectivity index (χ1n) is 4.38. The van der Waals surface area contributed by atoms with Crippen LogP contribution in [0.3, 0.4) is 0 Å². The monoisotopic (exact) mass is 283 g/mol. The van der Waals surface area contributed by atoms with Crippen LogP contribution in [0.1, 0.15) is 0 Å². The Balaban J connectivity index is 2.58. The number of nitrogens with two attached hydrogens (primary N) is 1. The van der Waals surface area contributed by atoms with Crippen molar-refractivity contribution in [3.05, 3.63) is 44.9 Å². The number of aromatic amines is 1. The molecule has 0 radical (unpaired) electrons. The molecule has 3 N–H and O–H groups in total. The van der Waals surface area contributed by atoms with Gasteiger partial charge in [-0.15, -0.1) is 0 Å². The van der Waals surface area contributed by atoms with Crippen LogP contribution >= 0.6 is 15.9 Å². The minimum absolute atomic E-state index is 0.124. The van der Waals surface area contributed by atoms with E-state index in [9.17, 15) is 9.18 Å². The molecular weight excluding hydrogens is 277 g/mol. The molecule has 82 valence electrons. The van der Waals surface area contributed by atoms with Crippen LogP contribution < -0.4 is 11.3 Å². The number of nitrogens with one attached hydrogen (secondary N) is 1. The number of aromatic nitrogens is 2. The van der Waals surface area contributed by atoms with Crippen LogP contribution in [0.15, 0.2) is 33.5 Å². The summed E-state index contributed by atoms with van der Waals surface area (Å²) in [6, 6.07) is 5.50. The van der Waals surface area contributed by atoms with Crippen LogP contribution in [0.4, 0.5) is 10.2 Å². The highest BCUT2D eigenvalue weighted by Gasteiger charge is 2.05. The van der Waals surface area contributed by atoms with Gasteiger partial charge < -0.3 is 10.7 Å². The third-order valence-electron chi connectivity index (χ3n) is 1.95. The number of nitrogens with zero attached hydrogens (tertiary/aromatic N) is 1. The Labute approximate surface area is 98.5 Å². The summed E-state index contributed by atoms with van der Waals surface area (Å²) in [6.07, 6.45) is 0. The van der Waals surface area contributed by atoms with E-state index >= 15 is 0 Å². The molecule has 1 aromatic heterocycles. The summed E-state index contributed by atoms with van der Waals surface area (Å²) in [5.41, 5.74) is 5.68. The molecule has 0 unspecified atom stereocenters. The number of benzene rings is 1. The Kier molecular flexibility index (Phi) is 2.74. The van der Waals surface area contributed by atoms with Gasteiger partial charge in [0.15, 0.2) is 0 Å². The minimum atomic E-state index is -0.380. The molecule has 0 saturated carbocycles. The Morgan fingerprint density at radius 1 is 1.38 bits per heavy atom. The summed E-state index contributed by atoms with van der Waals surface area (Å²) in [5, 5.41) is 0. The zero-order chi connectivity index (χ0) is 11.7. The van der Waals surface area contributed by atoms with Crippen molar-refractivity contribution >= 4 is 21.7 Å². The first-order valence-corrected chi connectivity index (χ1v) is 5.18. The highest BCUT2D eigenvalue weighted by molar-refractivity contribution is 9.10. The minimum Gasteiger partial charge on any atom is -0.383 e. The molecule has 0 aliphatic carbocycles. The lowest BCUT2D eigenvalue weighted by Crippen LogP contribution is -2.09. The largest absolute Gasteiger partial charge is 0.383 e. The number of rotatable bonds is 1. The fraction of sp³-hybridized carbons (Fsp3) is 0. The fourth-order valence-corrected chi connectivity index (χ4v) is 1.64. The van der Waals surface area contributed by atoms with Crippen LogP contribution in [0.25, 0.3) is 11.4 Å². The average molecular weight is 284 g/mol. The summed E-state index contributed by atoms with van der Waals surface area (Å²) in [7, 11) is 0. The molecule has 1 aromatic carbocycles. The van der Waals surface area contributed by atoms with Gasteiger partial charge in [0.2, 0.25) is 0 Å². The van der Waals surface area contributed by atoms with Crippen molar-refractivity contribution in [3.63, 3.8) is 0 Å². The van der Waals surface area contributed by atoms with Gasteiger partial charge in [-0.2, -0.15) is 0 Å². The van der Waals surface area contributed by atoms with Crippen LogP contribution in [0.5, 0.6) is 0 Å². The van der Waals surface area contributed by atoms with Gasteiger partial charge in [0.05, 0.1) is 4.47 Å². The van der Waals surface area contributed by atoms with E-state index in [0.717, 1.165) is 0 Å². The molecule has 0 atom stereocenters. The van der Waals surface area contributed by atoms with Crippen molar-refractivity contribution in [2.75, 3.05) is 5.73 Å². The molecule has 16 heavy (non-hydrogen) atoms. The number of nitrogen functional groups attached to an aromatic ring is 1. The quantitative estimate of drug-likeness (QED) is 0.840. The summed E-state index contributed by atoms with van der Waals surface area (Å²) in [5.74, 6) is 0.0555. The predicted molar refractivity (Wildman–Crippen MR) is 62.4 cm³/mol. The molecule has 0 spiro atoms. The van der Waals surface area contributed by atoms with Crippen molar-refractivity contribution in [3.8, 4) is 11.4 Å². The highest BCUT2D eigenvalue weighted by Crippen LogP contribution is 2.22. The van der Waals surface area contributed by atoms with Crippen molar-refractivity contribution < 1.29 is 4.39 Å². The van der Waals surface area contributed by atoms with Crippen molar-refractivity contribution in [1.29, 1.82) is 0 Å². The smallest absolute Gasteiger partial charge is 0.253 e. The Morgan fingerprint density at radius 3 is 2.75 bits per heavy atom. The van der Waals surface area contributed by atoms with Gasteiger partial charge in [-0.1, -0.05) is 0 Å². The van der Waals surface area contributed by atoms with E-state index in [1.54, 1.807) is 0 Å².